The van der Waals surface area contributed by atoms with Crippen LogP contribution in [0.1, 0.15) is 44.4 Å². The molecular weight excluding hydrogens is 366 g/mol. The number of aromatic nitrogens is 1. The normalized spacial score (nSPS) is 19.5. The third-order valence-electron chi connectivity index (χ3n) is 6.12. The zero-order valence-corrected chi connectivity index (χ0v) is 17.7. The molecule has 2 aromatic carbocycles. The van der Waals surface area contributed by atoms with E-state index in [9.17, 15) is 4.21 Å². The molecule has 0 radical (unpaired) electrons. The summed E-state index contributed by atoms with van der Waals surface area (Å²) in [5, 5.41) is 1.06. The first-order valence-electron chi connectivity index (χ1n) is 9.35. The van der Waals surface area contributed by atoms with Gasteiger partial charge in [0.25, 0.3) is 0 Å². The summed E-state index contributed by atoms with van der Waals surface area (Å²) in [5.41, 5.74) is 4.00. The standard InChI is InChI=1S/C23H25N3OS/c1-22(2)20-17(9-6-10-19(20)28(5,24)27)21(26-23(22,3)4)16-11-12-18-15(14-16)8-7-13-25-18/h6-14,24H,1-5H3. The quantitative estimate of drug-likeness (QED) is 0.654. The lowest BCUT2D eigenvalue weighted by Crippen LogP contribution is -2.47. The van der Waals surface area contributed by atoms with Crippen molar-refractivity contribution in [3.05, 3.63) is 71.4 Å². The Morgan fingerprint density at radius 1 is 1.00 bits per heavy atom. The summed E-state index contributed by atoms with van der Waals surface area (Å²) in [6, 6.07) is 15.9. The van der Waals surface area contributed by atoms with Crippen LogP contribution >= 0.6 is 0 Å². The highest BCUT2D eigenvalue weighted by Gasteiger charge is 2.45. The smallest absolute Gasteiger partial charge is 0.0729 e. The fourth-order valence-corrected chi connectivity index (χ4v) is 5.02. The zero-order chi connectivity index (χ0) is 20.3. The average Bonchev–Trinajstić information content (AvgIpc) is 2.63. The average molecular weight is 392 g/mol. The molecule has 1 atom stereocenters. The molecule has 1 aliphatic rings. The van der Waals surface area contributed by atoms with E-state index in [1.807, 2.05) is 42.5 Å². The van der Waals surface area contributed by atoms with Crippen molar-refractivity contribution in [3.8, 4) is 0 Å². The van der Waals surface area contributed by atoms with Crippen LogP contribution in [0.15, 0.2) is 64.6 Å². The van der Waals surface area contributed by atoms with Crippen LogP contribution in [0.2, 0.25) is 0 Å². The molecule has 4 rings (SSSR count). The first-order valence-corrected chi connectivity index (χ1v) is 11.3. The first kappa shape index (κ1) is 18.8. The van der Waals surface area contributed by atoms with Gasteiger partial charge < -0.3 is 0 Å². The summed E-state index contributed by atoms with van der Waals surface area (Å²) in [4.78, 5) is 10.2. The molecule has 0 aliphatic carbocycles. The third kappa shape index (κ3) is 2.76. The van der Waals surface area contributed by atoms with Crippen molar-refractivity contribution in [1.82, 2.24) is 4.98 Å². The van der Waals surface area contributed by atoms with Crippen LogP contribution in [0, 0.1) is 4.78 Å². The van der Waals surface area contributed by atoms with Gasteiger partial charge in [0.05, 0.1) is 31.4 Å². The molecule has 144 valence electrons. The van der Waals surface area contributed by atoms with E-state index >= 15 is 0 Å². The lowest BCUT2D eigenvalue weighted by atomic mass is 9.65. The second kappa shape index (κ2) is 5.98. The topological polar surface area (TPSA) is 66.2 Å². The van der Waals surface area contributed by atoms with Crippen LogP contribution in [0.5, 0.6) is 0 Å². The highest BCUT2D eigenvalue weighted by molar-refractivity contribution is 7.91. The number of benzene rings is 2. The Labute approximate surface area is 166 Å². The maximum Gasteiger partial charge on any atom is 0.0729 e. The van der Waals surface area contributed by atoms with Gasteiger partial charge in [-0.1, -0.05) is 38.1 Å². The van der Waals surface area contributed by atoms with Gasteiger partial charge in [-0.25, -0.2) is 8.99 Å². The third-order valence-corrected chi connectivity index (χ3v) is 7.30. The van der Waals surface area contributed by atoms with Crippen LogP contribution in [-0.2, 0) is 15.1 Å². The highest BCUT2D eigenvalue weighted by Crippen LogP contribution is 2.46. The number of fused-ring (bicyclic) bond motifs is 2. The molecule has 28 heavy (non-hydrogen) atoms. The number of pyridine rings is 1. The Balaban J connectivity index is 2.06. The van der Waals surface area contributed by atoms with E-state index in [0.717, 1.165) is 33.3 Å². The van der Waals surface area contributed by atoms with Crippen molar-refractivity contribution >= 4 is 26.3 Å². The van der Waals surface area contributed by atoms with Crippen LogP contribution in [0.4, 0.5) is 0 Å². The Bertz CT molecular complexity index is 1240. The maximum atomic E-state index is 12.8. The van der Waals surface area contributed by atoms with E-state index < -0.39 is 15.3 Å². The van der Waals surface area contributed by atoms with E-state index in [2.05, 4.69) is 38.7 Å². The number of hydrogen-bond donors (Lipinski definition) is 1. The molecule has 4 nitrogen and oxygen atoms in total. The van der Waals surface area contributed by atoms with Crippen LogP contribution in [0.25, 0.3) is 10.9 Å². The number of hydrogen-bond acceptors (Lipinski definition) is 4. The molecule has 0 amide bonds. The summed E-state index contributed by atoms with van der Waals surface area (Å²) in [6.45, 7) is 8.48. The van der Waals surface area contributed by atoms with E-state index in [1.165, 1.54) is 6.26 Å². The van der Waals surface area contributed by atoms with Crippen molar-refractivity contribution in [3.63, 3.8) is 0 Å². The summed E-state index contributed by atoms with van der Waals surface area (Å²) in [7, 11) is -2.87. The van der Waals surface area contributed by atoms with Gasteiger partial charge in [0, 0.05) is 34.4 Å². The number of rotatable bonds is 2. The minimum atomic E-state index is -2.87. The van der Waals surface area contributed by atoms with Crippen LogP contribution in [-0.4, -0.2) is 26.7 Å². The number of aliphatic imine (C=N–C) groups is 1. The van der Waals surface area contributed by atoms with Gasteiger partial charge in [-0.3, -0.25) is 9.98 Å². The summed E-state index contributed by atoms with van der Waals surface area (Å²) >= 11 is 0. The van der Waals surface area contributed by atoms with Crippen molar-refractivity contribution < 1.29 is 4.21 Å². The first-order chi connectivity index (χ1) is 13.0. The fraction of sp³-hybridized carbons (Fsp3) is 0.304. The number of nitrogens with one attached hydrogen (secondary N) is 1. The van der Waals surface area contributed by atoms with Crippen molar-refractivity contribution in [2.45, 2.75) is 43.5 Å². The molecule has 2 heterocycles. The lowest BCUT2D eigenvalue weighted by Gasteiger charge is -2.45. The van der Waals surface area contributed by atoms with E-state index in [0.29, 0.717) is 4.90 Å². The Morgan fingerprint density at radius 3 is 2.46 bits per heavy atom. The Morgan fingerprint density at radius 2 is 1.75 bits per heavy atom. The van der Waals surface area contributed by atoms with Gasteiger partial charge in [-0.05, 0) is 43.7 Å². The molecule has 5 heteroatoms. The second-order valence-corrected chi connectivity index (χ2v) is 10.7. The summed E-state index contributed by atoms with van der Waals surface area (Å²) in [5.74, 6) is 0. The van der Waals surface area contributed by atoms with Gasteiger partial charge in [0.2, 0.25) is 0 Å². The van der Waals surface area contributed by atoms with Gasteiger partial charge in [-0.2, -0.15) is 0 Å². The molecule has 1 unspecified atom stereocenters. The number of nitrogens with zero attached hydrogens (tertiary/aromatic N) is 2. The highest BCUT2D eigenvalue weighted by atomic mass is 32.2. The molecule has 0 saturated heterocycles. The van der Waals surface area contributed by atoms with Crippen LogP contribution in [0.3, 0.4) is 0 Å². The predicted octanol–water partition coefficient (Wildman–Crippen LogP) is 5.18. The van der Waals surface area contributed by atoms with Gasteiger partial charge >= 0.3 is 0 Å². The summed E-state index contributed by atoms with van der Waals surface area (Å²) < 4.78 is 21.1. The van der Waals surface area contributed by atoms with Gasteiger partial charge in [0.1, 0.15) is 0 Å². The van der Waals surface area contributed by atoms with Crippen molar-refractivity contribution in [1.29, 1.82) is 4.78 Å². The van der Waals surface area contributed by atoms with Gasteiger partial charge in [-0.15, -0.1) is 0 Å². The second-order valence-electron chi connectivity index (χ2n) is 8.58. The summed E-state index contributed by atoms with van der Waals surface area (Å²) in [6.07, 6.45) is 3.29. The molecule has 1 aromatic heterocycles. The molecule has 0 bridgehead atoms. The van der Waals surface area contributed by atoms with E-state index in [-0.39, 0.29) is 5.41 Å². The fourth-order valence-electron chi connectivity index (χ4n) is 3.93. The minimum absolute atomic E-state index is 0.361. The minimum Gasteiger partial charge on any atom is -0.277 e. The Kier molecular flexibility index (Phi) is 4.02. The molecule has 0 spiro atoms. The maximum absolute atomic E-state index is 12.8. The zero-order valence-electron chi connectivity index (χ0n) is 16.9. The van der Waals surface area contributed by atoms with Crippen molar-refractivity contribution in [2.75, 3.05) is 6.26 Å². The predicted molar refractivity (Wildman–Crippen MR) is 116 cm³/mol. The molecule has 3 aromatic rings. The van der Waals surface area contributed by atoms with E-state index in [4.69, 9.17) is 9.77 Å². The molecule has 0 fully saturated rings. The largest absolute Gasteiger partial charge is 0.277 e. The molecule has 1 aliphatic heterocycles. The Hall–Kier alpha value is -2.53. The SMILES string of the molecule is CC1(C)N=C(c2ccc3ncccc3c2)c2cccc(S(C)(=N)=O)c2C1(C)C. The van der Waals surface area contributed by atoms with Crippen LogP contribution < -0.4 is 0 Å². The lowest BCUT2D eigenvalue weighted by molar-refractivity contribution is 0.299. The van der Waals surface area contributed by atoms with Gasteiger partial charge in [0.15, 0.2) is 0 Å². The monoisotopic (exact) mass is 391 g/mol. The van der Waals surface area contributed by atoms with E-state index in [1.54, 1.807) is 6.20 Å². The van der Waals surface area contributed by atoms with Crippen molar-refractivity contribution in [2.24, 2.45) is 4.99 Å². The molecule has 1 N–H and O–H groups in total. The molecule has 0 saturated carbocycles. The molecular formula is C23H25N3OS.